The summed E-state index contributed by atoms with van der Waals surface area (Å²) in [5, 5.41) is 9.72. The van der Waals surface area contributed by atoms with Crippen molar-refractivity contribution >= 4 is 23.1 Å². The number of anilines is 1. The smallest absolute Gasteiger partial charge is 0.319 e. The number of likely N-dealkylation sites (tertiary alicyclic amines) is 1. The van der Waals surface area contributed by atoms with Crippen LogP contribution < -0.4 is 10.6 Å². The average molecular weight is 347 g/mol. The molecular formula is C18H22FN3OS. The summed E-state index contributed by atoms with van der Waals surface area (Å²) in [6.45, 7) is 3.75. The lowest BCUT2D eigenvalue weighted by molar-refractivity contribution is 0.176. The average Bonchev–Trinajstić information content (AvgIpc) is 3.09. The number of amides is 2. The van der Waals surface area contributed by atoms with E-state index in [1.54, 1.807) is 29.5 Å². The summed E-state index contributed by atoms with van der Waals surface area (Å²) in [7, 11) is 0. The maximum Gasteiger partial charge on any atom is 0.319 e. The van der Waals surface area contributed by atoms with E-state index in [9.17, 15) is 9.18 Å². The Bertz CT molecular complexity index is 654. The zero-order valence-corrected chi connectivity index (χ0v) is 14.3. The number of carbonyl (C=O) groups is 1. The number of thiophene rings is 1. The molecule has 1 aliphatic heterocycles. The van der Waals surface area contributed by atoms with Gasteiger partial charge in [-0.3, -0.25) is 4.90 Å². The second-order valence-electron chi connectivity index (χ2n) is 6.17. The largest absolute Gasteiger partial charge is 0.338 e. The molecule has 2 N–H and O–H groups in total. The lowest BCUT2D eigenvalue weighted by atomic mass is 9.96. The number of benzene rings is 1. The third-order valence-corrected chi connectivity index (χ3v) is 5.10. The third kappa shape index (κ3) is 4.79. The number of urea groups is 1. The van der Waals surface area contributed by atoms with E-state index in [-0.39, 0.29) is 11.7 Å². The van der Waals surface area contributed by atoms with Gasteiger partial charge in [0.15, 0.2) is 0 Å². The summed E-state index contributed by atoms with van der Waals surface area (Å²) in [5.41, 5.74) is 1.58. The van der Waals surface area contributed by atoms with E-state index in [2.05, 4.69) is 32.4 Å². The highest BCUT2D eigenvalue weighted by Crippen LogP contribution is 2.19. The van der Waals surface area contributed by atoms with Gasteiger partial charge >= 0.3 is 6.03 Å². The number of para-hydroxylation sites is 1. The number of rotatable bonds is 5. The number of hydrogen-bond acceptors (Lipinski definition) is 3. The zero-order chi connectivity index (χ0) is 16.8. The van der Waals surface area contributed by atoms with Crippen LogP contribution in [0.3, 0.4) is 0 Å². The molecule has 1 saturated heterocycles. The van der Waals surface area contributed by atoms with E-state index in [0.29, 0.717) is 12.5 Å². The van der Waals surface area contributed by atoms with Crippen molar-refractivity contribution in [3.05, 3.63) is 52.5 Å². The summed E-state index contributed by atoms with van der Waals surface area (Å²) in [6, 6.07) is 8.01. The van der Waals surface area contributed by atoms with E-state index in [1.807, 2.05) is 0 Å². The predicted molar refractivity (Wildman–Crippen MR) is 95.7 cm³/mol. The topological polar surface area (TPSA) is 44.4 Å². The second-order valence-corrected chi connectivity index (χ2v) is 6.95. The zero-order valence-electron chi connectivity index (χ0n) is 13.5. The molecule has 0 radical (unpaired) electrons. The molecule has 1 aliphatic rings. The number of nitrogens with zero attached hydrogens (tertiary/aromatic N) is 1. The van der Waals surface area contributed by atoms with Crippen LogP contribution in [0.1, 0.15) is 18.4 Å². The summed E-state index contributed by atoms with van der Waals surface area (Å²) in [4.78, 5) is 14.3. The van der Waals surface area contributed by atoms with Crippen LogP contribution in [0.2, 0.25) is 0 Å². The lowest BCUT2D eigenvalue weighted by Gasteiger charge is -2.31. The summed E-state index contributed by atoms with van der Waals surface area (Å²) in [5.74, 6) is 0.0597. The quantitative estimate of drug-likeness (QED) is 0.861. The Balaban J connectivity index is 1.37. The van der Waals surface area contributed by atoms with E-state index in [4.69, 9.17) is 0 Å². The number of piperidine rings is 1. The van der Waals surface area contributed by atoms with Gasteiger partial charge in [0.25, 0.3) is 0 Å². The molecule has 0 aliphatic carbocycles. The van der Waals surface area contributed by atoms with Crippen LogP contribution in [-0.2, 0) is 6.54 Å². The molecule has 6 heteroatoms. The maximum absolute atomic E-state index is 13.5. The molecule has 3 rings (SSSR count). The van der Waals surface area contributed by atoms with Crippen LogP contribution >= 0.6 is 11.3 Å². The molecule has 0 unspecified atom stereocenters. The number of hydrogen-bond donors (Lipinski definition) is 2. The van der Waals surface area contributed by atoms with Gasteiger partial charge in [-0.2, -0.15) is 11.3 Å². The Hall–Kier alpha value is -1.92. The van der Waals surface area contributed by atoms with E-state index in [1.165, 1.54) is 11.6 Å². The summed E-state index contributed by atoms with van der Waals surface area (Å²) in [6.07, 6.45) is 2.15. The van der Waals surface area contributed by atoms with Crippen molar-refractivity contribution in [2.24, 2.45) is 5.92 Å². The SMILES string of the molecule is O=C(NCC1CCN(Cc2ccsc2)CC1)Nc1ccccc1F. The van der Waals surface area contributed by atoms with Crippen molar-refractivity contribution in [2.75, 3.05) is 25.0 Å². The minimum Gasteiger partial charge on any atom is -0.338 e. The van der Waals surface area contributed by atoms with Gasteiger partial charge in [0.1, 0.15) is 5.82 Å². The van der Waals surface area contributed by atoms with Crippen molar-refractivity contribution in [3.63, 3.8) is 0 Å². The molecule has 128 valence electrons. The number of nitrogens with one attached hydrogen (secondary N) is 2. The van der Waals surface area contributed by atoms with Gasteiger partial charge in [0.05, 0.1) is 5.69 Å². The first-order valence-corrected chi connectivity index (χ1v) is 9.18. The van der Waals surface area contributed by atoms with Crippen LogP contribution in [0.25, 0.3) is 0 Å². The highest BCUT2D eigenvalue weighted by molar-refractivity contribution is 7.07. The van der Waals surface area contributed by atoms with Crippen molar-refractivity contribution in [3.8, 4) is 0 Å². The molecule has 2 amide bonds. The Kier molecular flexibility index (Phi) is 5.82. The molecule has 0 atom stereocenters. The fourth-order valence-corrected chi connectivity index (χ4v) is 3.62. The highest BCUT2D eigenvalue weighted by Gasteiger charge is 2.20. The fourth-order valence-electron chi connectivity index (χ4n) is 2.96. The van der Waals surface area contributed by atoms with Gasteiger partial charge in [-0.15, -0.1) is 0 Å². The molecule has 2 heterocycles. The molecular weight excluding hydrogens is 325 g/mol. The van der Waals surface area contributed by atoms with Crippen molar-refractivity contribution < 1.29 is 9.18 Å². The minimum absolute atomic E-state index is 0.209. The lowest BCUT2D eigenvalue weighted by Crippen LogP contribution is -2.39. The van der Waals surface area contributed by atoms with Crippen molar-refractivity contribution in [2.45, 2.75) is 19.4 Å². The van der Waals surface area contributed by atoms with Gasteiger partial charge in [-0.25, -0.2) is 9.18 Å². The Morgan fingerprint density at radius 2 is 2.04 bits per heavy atom. The number of carbonyl (C=O) groups excluding carboxylic acids is 1. The Labute approximate surface area is 145 Å². The van der Waals surface area contributed by atoms with Crippen LogP contribution in [0.15, 0.2) is 41.1 Å². The predicted octanol–water partition coefficient (Wildman–Crippen LogP) is 3.92. The molecule has 1 aromatic heterocycles. The highest BCUT2D eigenvalue weighted by atomic mass is 32.1. The van der Waals surface area contributed by atoms with E-state index < -0.39 is 5.82 Å². The molecule has 1 aromatic carbocycles. The third-order valence-electron chi connectivity index (χ3n) is 4.37. The fraction of sp³-hybridized carbons (Fsp3) is 0.389. The Morgan fingerprint density at radius 3 is 2.75 bits per heavy atom. The van der Waals surface area contributed by atoms with Crippen LogP contribution in [0, 0.1) is 11.7 Å². The van der Waals surface area contributed by atoms with Gasteiger partial charge in [0, 0.05) is 13.1 Å². The first kappa shape index (κ1) is 16.9. The van der Waals surface area contributed by atoms with Gasteiger partial charge in [-0.1, -0.05) is 12.1 Å². The van der Waals surface area contributed by atoms with Gasteiger partial charge in [-0.05, 0) is 66.4 Å². The normalized spacial score (nSPS) is 16.0. The summed E-state index contributed by atoms with van der Waals surface area (Å²) < 4.78 is 13.5. The van der Waals surface area contributed by atoms with Crippen LogP contribution in [0.4, 0.5) is 14.9 Å². The standard InChI is InChI=1S/C18H22FN3OS/c19-16-3-1-2-4-17(16)21-18(23)20-11-14-5-8-22(9-6-14)12-15-7-10-24-13-15/h1-4,7,10,13-14H,5-6,8-9,11-12H2,(H2,20,21,23). The van der Waals surface area contributed by atoms with Gasteiger partial charge < -0.3 is 10.6 Å². The molecule has 0 bridgehead atoms. The molecule has 0 saturated carbocycles. The Morgan fingerprint density at radius 1 is 1.25 bits per heavy atom. The van der Waals surface area contributed by atoms with Crippen LogP contribution in [0.5, 0.6) is 0 Å². The monoisotopic (exact) mass is 347 g/mol. The first-order chi connectivity index (χ1) is 11.7. The molecule has 24 heavy (non-hydrogen) atoms. The van der Waals surface area contributed by atoms with Crippen molar-refractivity contribution in [1.29, 1.82) is 0 Å². The first-order valence-electron chi connectivity index (χ1n) is 8.23. The van der Waals surface area contributed by atoms with Gasteiger partial charge in [0.2, 0.25) is 0 Å². The maximum atomic E-state index is 13.5. The summed E-state index contributed by atoms with van der Waals surface area (Å²) >= 11 is 1.73. The molecule has 0 spiro atoms. The molecule has 2 aromatic rings. The minimum atomic E-state index is -0.422. The molecule has 1 fully saturated rings. The second kappa shape index (κ2) is 8.26. The van der Waals surface area contributed by atoms with Crippen LogP contribution in [-0.4, -0.2) is 30.6 Å². The van der Waals surface area contributed by atoms with Crippen molar-refractivity contribution in [1.82, 2.24) is 10.2 Å². The van der Waals surface area contributed by atoms with E-state index in [0.717, 1.165) is 32.5 Å². The number of halogens is 1. The van der Waals surface area contributed by atoms with E-state index >= 15 is 0 Å². The molecule has 4 nitrogen and oxygen atoms in total.